The van der Waals surface area contributed by atoms with Gasteiger partial charge in [0.05, 0.1) is 6.10 Å². The van der Waals surface area contributed by atoms with E-state index in [0.717, 1.165) is 31.5 Å². The molecule has 2 fully saturated rings. The summed E-state index contributed by atoms with van der Waals surface area (Å²) in [4.78, 5) is 4.10. The number of hydrogen-bond donors (Lipinski definition) is 1. The molecule has 0 aliphatic heterocycles. The zero-order chi connectivity index (χ0) is 13.9. The Hall–Kier alpha value is -0.380. The maximum Gasteiger partial charge on any atom is 0.0580 e. The molecule has 0 bridgehead atoms. The van der Waals surface area contributed by atoms with Gasteiger partial charge in [0.2, 0.25) is 0 Å². The van der Waals surface area contributed by atoms with Gasteiger partial charge in [0.1, 0.15) is 0 Å². The average molecular weight is 293 g/mol. The summed E-state index contributed by atoms with van der Waals surface area (Å²) in [5, 5.41) is 12.5. The number of nitrogens with zero attached hydrogens (tertiary/aromatic N) is 1. The smallest absolute Gasteiger partial charge is 0.0580 e. The lowest BCUT2D eigenvalue weighted by atomic mass is 9.78. The summed E-state index contributed by atoms with van der Waals surface area (Å²) in [5.74, 6) is 1.33. The molecule has 0 aromatic carbocycles. The summed E-state index contributed by atoms with van der Waals surface area (Å²) in [5.41, 5.74) is 0. The molecular weight excluding hydrogens is 266 g/mol. The lowest BCUT2D eigenvalue weighted by Crippen LogP contribution is -2.39. The van der Waals surface area contributed by atoms with Crippen LogP contribution in [-0.4, -0.2) is 28.7 Å². The standard InChI is InChI=1S/C17H27NOS/c1-2-13-5-8-17(19)14(10-13)11-18(15-6-7-15)12-16-4-3-9-20-16/h3-4,9,13-15,17,19H,2,5-8,10-12H2,1H3. The second-order valence-electron chi connectivity index (χ2n) is 6.65. The van der Waals surface area contributed by atoms with E-state index in [2.05, 4.69) is 29.3 Å². The van der Waals surface area contributed by atoms with Crippen LogP contribution in [0.25, 0.3) is 0 Å². The van der Waals surface area contributed by atoms with Crippen molar-refractivity contribution in [3.05, 3.63) is 22.4 Å². The molecule has 3 heteroatoms. The highest BCUT2D eigenvalue weighted by Gasteiger charge is 2.35. The van der Waals surface area contributed by atoms with E-state index in [1.165, 1.54) is 37.0 Å². The van der Waals surface area contributed by atoms with Crippen LogP contribution in [0, 0.1) is 11.8 Å². The lowest BCUT2D eigenvalue weighted by molar-refractivity contribution is 0.0237. The fourth-order valence-electron chi connectivity index (χ4n) is 3.60. The van der Waals surface area contributed by atoms with E-state index in [0.29, 0.717) is 5.92 Å². The summed E-state index contributed by atoms with van der Waals surface area (Å²) in [7, 11) is 0. The van der Waals surface area contributed by atoms with Crippen LogP contribution in [0.15, 0.2) is 17.5 Å². The highest BCUT2D eigenvalue weighted by Crippen LogP contribution is 2.35. The van der Waals surface area contributed by atoms with Gasteiger partial charge in [-0.15, -0.1) is 11.3 Å². The molecule has 112 valence electrons. The Balaban J connectivity index is 1.60. The molecule has 1 N–H and O–H groups in total. The molecule has 3 atom stereocenters. The first-order chi connectivity index (χ1) is 9.76. The van der Waals surface area contributed by atoms with E-state index in [1.807, 2.05) is 11.3 Å². The monoisotopic (exact) mass is 293 g/mol. The number of aliphatic hydroxyl groups is 1. The molecule has 1 aromatic rings. The Kier molecular flexibility index (Phi) is 4.79. The number of aliphatic hydroxyl groups excluding tert-OH is 1. The van der Waals surface area contributed by atoms with Crippen LogP contribution in [-0.2, 0) is 6.54 Å². The Morgan fingerprint density at radius 2 is 2.15 bits per heavy atom. The van der Waals surface area contributed by atoms with Crippen molar-refractivity contribution in [1.82, 2.24) is 4.90 Å². The van der Waals surface area contributed by atoms with Crippen molar-refractivity contribution in [2.24, 2.45) is 11.8 Å². The van der Waals surface area contributed by atoms with Crippen LogP contribution in [0.4, 0.5) is 0 Å². The number of hydrogen-bond acceptors (Lipinski definition) is 3. The van der Waals surface area contributed by atoms with E-state index in [-0.39, 0.29) is 6.10 Å². The predicted molar refractivity (Wildman–Crippen MR) is 84.9 cm³/mol. The summed E-state index contributed by atoms with van der Waals surface area (Å²) in [6, 6.07) is 5.17. The molecule has 2 saturated carbocycles. The SMILES string of the molecule is CCC1CCC(O)C(CN(Cc2cccs2)C2CC2)C1. The summed E-state index contributed by atoms with van der Waals surface area (Å²) < 4.78 is 0. The van der Waals surface area contributed by atoms with Crippen molar-refractivity contribution in [1.29, 1.82) is 0 Å². The summed E-state index contributed by atoms with van der Waals surface area (Å²) in [6.45, 7) is 4.48. The van der Waals surface area contributed by atoms with Gasteiger partial charge in [0.15, 0.2) is 0 Å². The van der Waals surface area contributed by atoms with Crippen LogP contribution in [0.1, 0.15) is 50.3 Å². The van der Waals surface area contributed by atoms with Gasteiger partial charge in [0, 0.05) is 24.0 Å². The lowest BCUT2D eigenvalue weighted by Gasteiger charge is -2.36. The molecule has 0 spiro atoms. The fraction of sp³-hybridized carbons (Fsp3) is 0.765. The summed E-state index contributed by atoms with van der Waals surface area (Å²) in [6.07, 6.45) is 7.38. The van der Waals surface area contributed by atoms with Crippen LogP contribution in [0.3, 0.4) is 0 Å². The van der Waals surface area contributed by atoms with Crippen molar-refractivity contribution in [2.45, 2.75) is 64.1 Å². The third-order valence-corrected chi connectivity index (χ3v) is 5.96. The van der Waals surface area contributed by atoms with Crippen LogP contribution < -0.4 is 0 Å². The Labute approximate surface area is 126 Å². The van der Waals surface area contributed by atoms with E-state index in [1.54, 1.807) is 0 Å². The first-order valence-electron chi connectivity index (χ1n) is 8.20. The van der Waals surface area contributed by atoms with E-state index < -0.39 is 0 Å². The third kappa shape index (κ3) is 3.63. The maximum absolute atomic E-state index is 10.3. The van der Waals surface area contributed by atoms with Gasteiger partial charge in [0.25, 0.3) is 0 Å². The molecule has 0 radical (unpaired) electrons. The van der Waals surface area contributed by atoms with Gasteiger partial charge in [-0.25, -0.2) is 0 Å². The topological polar surface area (TPSA) is 23.5 Å². The van der Waals surface area contributed by atoms with Gasteiger partial charge in [-0.1, -0.05) is 19.4 Å². The number of rotatable bonds is 6. The number of thiophene rings is 1. The van der Waals surface area contributed by atoms with Gasteiger partial charge in [-0.3, -0.25) is 4.90 Å². The van der Waals surface area contributed by atoms with Crippen LogP contribution >= 0.6 is 11.3 Å². The second kappa shape index (κ2) is 6.59. The zero-order valence-electron chi connectivity index (χ0n) is 12.5. The van der Waals surface area contributed by atoms with Gasteiger partial charge < -0.3 is 5.11 Å². The predicted octanol–water partition coefficient (Wildman–Crippen LogP) is 3.90. The molecule has 3 unspecified atom stereocenters. The Morgan fingerprint density at radius 1 is 1.30 bits per heavy atom. The van der Waals surface area contributed by atoms with E-state index in [9.17, 15) is 5.11 Å². The molecule has 2 nitrogen and oxygen atoms in total. The second-order valence-corrected chi connectivity index (χ2v) is 7.69. The molecule has 0 saturated heterocycles. The van der Waals surface area contributed by atoms with Crippen molar-refractivity contribution in [3.63, 3.8) is 0 Å². The summed E-state index contributed by atoms with van der Waals surface area (Å²) >= 11 is 1.86. The first kappa shape index (κ1) is 14.6. The highest BCUT2D eigenvalue weighted by atomic mass is 32.1. The fourth-order valence-corrected chi connectivity index (χ4v) is 4.33. The Bertz CT molecular complexity index is 401. The maximum atomic E-state index is 10.3. The molecule has 3 rings (SSSR count). The van der Waals surface area contributed by atoms with Gasteiger partial charge in [-0.2, -0.15) is 0 Å². The van der Waals surface area contributed by atoms with Gasteiger partial charge >= 0.3 is 0 Å². The molecular formula is C17H27NOS. The largest absolute Gasteiger partial charge is 0.393 e. The van der Waals surface area contributed by atoms with Crippen molar-refractivity contribution in [2.75, 3.05) is 6.54 Å². The first-order valence-corrected chi connectivity index (χ1v) is 9.08. The molecule has 1 heterocycles. The zero-order valence-corrected chi connectivity index (χ0v) is 13.3. The Morgan fingerprint density at radius 3 is 2.80 bits per heavy atom. The van der Waals surface area contributed by atoms with E-state index >= 15 is 0 Å². The minimum absolute atomic E-state index is 0.0672. The van der Waals surface area contributed by atoms with Crippen LogP contribution in [0.5, 0.6) is 0 Å². The molecule has 2 aliphatic carbocycles. The normalized spacial score (nSPS) is 30.9. The van der Waals surface area contributed by atoms with Crippen molar-refractivity contribution in [3.8, 4) is 0 Å². The third-order valence-electron chi connectivity index (χ3n) is 5.10. The van der Waals surface area contributed by atoms with Crippen molar-refractivity contribution < 1.29 is 5.11 Å². The molecule has 2 aliphatic rings. The highest BCUT2D eigenvalue weighted by molar-refractivity contribution is 7.09. The molecule has 20 heavy (non-hydrogen) atoms. The minimum atomic E-state index is -0.0672. The molecule has 1 aromatic heterocycles. The quantitative estimate of drug-likeness (QED) is 0.860. The van der Waals surface area contributed by atoms with Crippen molar-refractivity contribution >= 4 is 11.3 Å². The molecule has 0 amide bonds. The minimum Gasteiger partial charge on any atom is -0.393 e. The van der Waals surface area contributed by atoms with Crippen LogP contribution in [0.2, 0.25) is 0 Å². The average Bonchev–Trinajstić information content (AvgIpc) is 3.18. The van der Waals surface area contributed by atoms with Gasteiger partial charge in [-0.05, 0) is 55.4 Å². The van der Waals surface area contributed by atoms with E-state index in [4.69, 9.17) is 0 Å².